The number of pyridine rings is 1. The minimum Gasteiger partial charge on any atom is -0.326 e. The van der Waals surface area contributed by atoms with E-state index in [0.29, 0.717) is 23.0 Å². The van der Waals surface area contributed by atoms with E-state index in [9.17, 15) is 9.59 Å². The number of para-hydroxylation sites is 1. The molecule has 2 aromatic heterocycles. The standard InChI is InChI=1S/C24H19N5O2S/c1-15-5-2-3-7-20(15)29-23(17-6-4-10-25-13-17)27-28-24(29)32-14-21(30)16-8-9-19-18(11-16)12-22(31)26-19/h2-11,13H,12,14H2,1H3,(H,26,31). The lowest BCUT2D eigenvalue weighted by molar-refractivity contribution is -0.115. The van der Waals surface area contributed by atoms with Gasteiger partial charge >= 0.3 is 0 Å². The van der Waals surface area contributed by atoms with Crippen molar-refractivity contribution in [3.8, 4) is 17.1 Å². The van der Waals surface area contributed by atoms with E-state index in [0.717, 1.165) is 28.1 Å². The van der Waals surface area contributed by atoms with Crippen LogP contribution in [0.25, 0.3) is 17.1 Å². The molecule has 0 aliphatic carbocycles. The van der Waals surface area contributed by atoms with Crippen LogP contribution in [0.2, 0.25) is 0 Å². The maximum atomic E-state index is 12.9. The molecule has 0 unspecified atom stereocenters. The first-order chi connectivity index (χ1) is 15.6. The zero-order chi connectivity index (χ0) is 22.1. The van der Waals surface area contributed by atoms with Crippen molar-refractivity contribution in [1.82, 2.24) is 19.7 Å². The predicted molar refractivity (Wildman–Crippen MR) is 123 cm³/mol. The van der Waals surface area contributed by atoms with Gasteiger partial charge in [0, 0.05) is 29.2 Å². The lowest BCUT2D eigenvalue weighted by Gasteiger charge is -2.12. The smallest absolute Gasteiger partial charge is 0.228 e. The largest absolute Gasteiger partial charge is 0.326 e. The molecule has 0 saturated carbocycles. The molecule has 7 nitrogen and oxygen atoms in total. The molecule has 0 fully saturated rings. The molecule has 1 amide bonds. The number of ketones is 1. The number of carbonyl (C=O) groups excluding carboxylic acids is 2. The average Bonchev–Trinajstić information content (AvgIpc) is 3.40. The summed E-state index contributed by atoms with van der Waals surface area (Å²) in [7, 11) is 0. The van der Waals surface area contributed by atoms with Gasteiger partial charge < -0.3 is 5.32 Å². The third-order valence-corrected chi connectivity index (χ3v) is 6.22. The van der Waals surface area contributed by atoms with Crippen LogP contribution >= 0.6 is 11.8 Å². The summed E-state index contributed by atoms with van der Waals surface area (Å²) < 4.78 is 1.97. The van der Waals surface area contributed by atoms with Crippen molar-refractivity contribution in [2.75, 3.05) is 11.1 Å². The molecule has 0 saturated heterocycles. The Labute approximate surface area is 188 Å². The van der Waals surface area contributed by atoms with Gasteiger partial charge in [0.1, 0.15) is 0 Å². The second-order valence-electron chi connectivity index (χ2n) is 7.48. The van der Waals surface area contributed by atoms with E-state index in [2.05, 4.69) is 20.5 Å². The number of aryl methyl sites for hydroxylation is 1. The predicted octanol–water partition coefficient (Wildman–Crippen LogP) is 4.11. The lowest BCUT2D eigenvalue weighted by Crippen LogP contribution is -2.06. The number of fused-ring (bicyclic) bond motifs is 1. The summed E-state index contributed by atoms with van der Waals surface area (Å²) in [5, 5.41) is 12.2. The van der Waals surface area contributed by atoms with Crippen LogP contribution in [0.5, 0.6) is 0 Å². The van der Waals surface area contributed by atoms with Crippen molar-refractivity contribution >= 4 is 29.1 Å². The summed E-state index contributed by atoms with van der Waals surface area (Å²) in [5.41, 5.74) is 5.08. The van der Waals surface area contributed by atoms with Gasteiger partial charge in [-0.05, 0) is 54.4 Å². The highest BCUT2D eigenvalue weighted by molar-refractivity contribution is 7.99. The Morgan fingerprint density at radius 1 is 1.12 bits per heavy atom. The summed E-state index contributed by atoms with van der Waals surface area (Å²) in [6.45, 7) is 2.03. The van der Waals surface area contributed by atoms with Crippen molar-refractivity contribution in [2.24, 2.45) is 0 Å². The zero-order valence-electron chi connectivity index (χ0n) is 17.3. The number of hydrogen-bond acceptors (Lipinski definition) is 6. The first-order valence-corrected chi connectivity index (χ1v) is 11.1. The number of nitrogens with zero attached hydrogens (tertiary/aromatic N) is 4. The molecule has 0 radical (unpaired) electrons. The summed E-state index contributed by atoms with van der Waals surface area (Å²) >= 11 is 1.34. The number of benzene rings is 2. The number of hydrogen-bond donors (Lipinski definition) is 1. The fourth-order valence-corrected chi connectivity index (χ4v) is 4.53. The minimum atomic E-state index is -0.0479. The monoisotopic (exact) mass is 441 g/mol. The van der Waals surface area contributed by atoms with E-state index in [-0.39, 0.29) is 17.4 Å². The van der Waals surface area contributed by atoms with Crippen molar-refractivity contribution in [3.63, 3.8) is 0 Å². The molecule has 4 aromatic rings. The molecule has 0 spiro atoms. The number of thioether (sulfide) groups is 1. The molecule has 32 heavy (non-hydrogen) atoms. The topological polar surface area (TPSA) is 89.8 Å². The zero-order valence-corrected chi connectivity index (χ0v) is 18.1. The van der Waals surface area contributed by atoms with Crippen LogP contribution in [-0.4, -0.2) is 37.2 Å². The highest BCUT2D eigenvalue weighted by Crippen LogP contribution is 2.30. The van der Waals surface area contributed by atoms with Gasteiger partial charge in [0.25, 0.3) is 0 Å². The van der Waals surface area contributed by atoms with Gasteiger partial charge in [-0.15, -0.1) is 10.2 Å². The molecule has 2 aromatic carbocycles. The Bertz CT molecular complexity index is 1330. The molecule has 158 valence electrons. The third kappa shape index (κ3) is 3.80. The van der Waals surface area contributed by atoms with Crippen molar-refractivity contribution < 1.29 is 9.59 Å². The number of anilines is 1. The van der Waals surface area contributed by atoms with Crippen LogP contribution in [0.1, 0.15) is 21.5 Å². The van der Waals surface area contributed by atoms with E-state index in [1.165, 1.54) is 11.8 Å². The van der Waals surface area contributed by atoms with Gasteiger partial charge in [0.15, 0.2) is 16.8 Å². The molecule has 5 rings (SSSR count). The van der Waals surface area contributed by atoms with Crippen molar-refractivity contribution in [2.45, 2.75) is 18.5 Å². The fourth-order valence-electron chi connectivity index (χ4n) is 3.69. The van der Waals surface area contributed by atoms with Gasteiger partial charge in [-0.3, -0.25) is 19.1 Å². The van der Waals surface area contributed by atoms with Gasteiger partial charge in [0.2, 0.25) is 5.91 Å². The van der Waals surface area contributed by atoms with Crippen molar-refractivity contribution in [1.29, 1.82) is 0 Å². The second kappa shape index (κ2) is 8.39. The molecule has 8 heteroatoms. The maximum Gasteiger partial charge on any atom is 0.228 e. The molecular formula is C24H19N5O2S. The van der Waals surface area contributed by atoms with E-state index in [1.807, 2.05) is 47.9 Å². The molecule has 1 aliphatic rings. The number of rotatable bonds is 6. The quantitative estimate of drug-likeness (QED) is 0.358. The van der Waals surface area contributed by atoms with Crippen LogP contribution < -0.4 is 5.32 Å². The Kier molecular flexibility index (Phi) is 5.28. The molecule has 1 aliphatic heterocycles. The Hall–Kier alpha value is -3.78. The molecule has 0 bridgehead atoms. The van der Waals surface area contributed by atoms with E-state index in [1.54, 1.807) is 30.6 Å². The minimum absolute atomic E-state index is 0.0283. The summed E-state index contributed by atoms with van der Waals surface area (Å²) in [4.78, 5) is 28.7. The van der Waals surface area contributed by atoms with Crippen molar-refractivity contribution in [3.05, 3.63) is 83.7 Å². The van der Waals surface area contributed by atoms with Crippen LogP contribution in [0, 0.1) is 6.92 Å². The Morgan fingerprint density at radius 2 is 2.00 bits per heavy atom. The Morgan fingerprint density at radius 3 is 2.81 bits per heavy atom. The molecular weight excluding hydrogens is 422 g/mol. The van der Waals surface area contributed by atoms with Gasteiger partial charge in [-0.25, -0.2) is 0 Å². The van der Waals surface area contributed by atoms with Gasteiger partial charge in [-0.1, -0.05) is 30.0 Å². The highest BCUT2D eigenvalue weighted by atomic mass is 32.2. The lowest BCUT2D eigenvalue weighted by atomic mass is 10.1. The molecule has 1 N–H and O–H groups in total. The normalized spacial score (nSPS) is 12.5. The molecule has 3 heterocycles. The van der Waals surface area contributed by atoms with E-state index >= 15 is 0 Å². The second-order valence-corrected chi connectivity index (χ2v) is 8.42. The highest BCUT2D eigenvalue weighted by Gasteiger charge is 2.21. The first kappa shape index (κ1) is 20.1. The van der Waals surface area contributed by atoms with Crippen LogP contribution in [-0.2, 0) is 11.2 Å². The maximum absolute atomic E-state index is 12.9. The van der Waals surface area contributed by atoms with Crippen LogP contribution in [0.4, 0.5) is 5.69 Å². The fraction of sp³-hybridized carbons (Fsp3) is 0.125. The summed E-state index contributed by atoms with van der Waals surface area (Å²) in [6.07, 6.45) is 3.77. The Balaban J connectivity index is 1.45. The van der Waals surface area contributed by atoms with Crippen LogP contribution in [0.3, 0.4) is 0 Å². The molecule has 0 atom stereocenters. The number of carbonyl (C=O) groups is 2. The van der Waals surface area contributed by atoms with Gasteiger partial charge in [0.05, 0.1) is 17.9 Å². The number of aromatic nitrogens is 4. The summed E-state index contributed by atoms with van der Waals surface area (Å²) in [6, 6.07) is 17.1. The van der Waals surface area contributed by atoms with Crippen LogP contribution in [0.15, 0.2) is 72.1 Å². The summed E-state index contributed by atoms with van der Waals surface area (Å²) in [5.74, 6) is 0.800. The average molecular weight is 442 g/mol. The van der Waals surface area contributed by atoms with Gasteiger partial charge in [-0.2, -0.15) is 0 Å². The third-order valence-electron chi connectivity index (χ3n) is 5.29. The number of nitrogens with one attached hydrogen (secondary N) is 1. The first-order valence-electron chi connectivity index (χ1n) is 10.1. The number of amides is 1. The number of Topliss-reactive ketones (excluding diaryl/α,β-unsaturated/α-hetero) is 1. The SMILES string of the molecule is Cc1ccccc1-n1c(SCC(=O)c2ccc3c(c2)CC(=O)N3)nnc1-c1cccnc1. The van der Waals surface area contributed by atoms with E-state index < -0.39 is 0 Å². The van der Waals surface area contributed by atoms with E-state index in [4.69, 9.17) is 0 Å².